The number of hydrogen-bond acceptors (Lipinski definition) is 3. The van der Waals surface area contributed by atoms with Crippen molar-refractivity contribution in [3.63, 3.8) is 0 Å². The standard InChI is InChI=1S/C15H12Cl2N2O2/c16-11-3-4-14(12(17)6-11)21-9-15(20)19-7-10-2-1-5-18-13(10)8-19/h1-6H,7-9H2. The zero-order chi connectivity index (χ0) is 14.8. The first-order valence-corrected chi connectivity index (χ1v) is 7.17. The average Bonchev–Trinajstić information content (AvgIpc) is 2.90. The van der Waals surface area contributed by atoms with Crippen LogP contribution in [0.5, 0.6) is 5.75 Å². The summed E-state index contributed by atoms with van der Waals surface area (Å²) in [5.74, 6) is 0.350. The van der Waals surface area contributed by atoms with E-state index < -0.39 is 0 Å². The summed E-state index contributed by atoms with van der Waals surface area (Å²) >= 11 is 11.8. The average molecular weight is 323 g/mol. The number of fused-ring (bicyclic) bond motifs is 1. The van der Waals surface area contributed by atoms with Crippen molar-refractivity contribution in [2.75, 3.05) is 6.61 Å². The number of amides is 1. The van der Waals surface area contributed by atoms with E-state index in [1.54, 1.807) is 29.3 Å². The Morgan fingerprint density at radius 3 is 2.90 bits per heavy atom. The quantitative estimate of drug-likeness (QED) is 0.870. The van der Waals surface area contributed by atoms with Crippen LogP contribution in [0.3, 0.4) is 0 Å². The third kappa shape index (κ3) is 3.12. The van der Waals surface area contributed by atoms with Crippen molar-refractivity contribution >= 4 is 29.1 Å². The molecule has 0 saturated carbocycles. The van der Waals surface area contributed by atoms with E-state index in [0.29, 0.717) is 28.9 Å². The minimum absolute atomic E-state index is 0.0602. The summed E-state index contributed by atoms with van der Waals surface area (Å²) in [7, 11) is 0. The molecule has 0 radical (unpaired) electrons. The number of nitrogens with zero attached hydrogens (tertiary/aromatic N) is 2. The van der Waals surface area contributed by atoms with Gasteiger partial charge in [-0.15, -0.1) is 0 Å². The molecule has 1 aliphatic rings. The van der Waals surface area contributed by atoms with E-state index in [0.717, 1.165) is 11.3 Å². The Balaban J connectivity index is 1.61. The fourth-order valence-electron chi connectivity index (χ4n) is 2.20. The van der Waals surface area contributed by atoms with Gasteiger partial charge in [0.05, 0.1) is 17.3 Å². The summed E-state index contributed by atoms with van der Waals surface area (Å²) in [6.45, 7) is 1.03. The minimum atomic E-state index is -0.0981. The molecule has 0 N–H and O–H groups in total. The molecule has 0 spiro atoms. The fourth-order valence-corrected chi connectivity index (χ4v) is 2.66. The van der Waals surface area contributed by atoms with Crippen LogP contribution in [0.25, 0.3) is 0 Å². The number of ether oxygens (including phenoxy) is 1. The molecule has 2 aromatic rings. The lowest BCUT2D eigenvalue weighted by Crippen LogP contribution is -2.30. The maximum Gasteiger partial charge on any atom is 0.261 e. The van der Waals surface area contributed by atoms with Gasteiger partial charge in [-0.3, -0.25) is 9.78 Å². The van der Waals surface area contributed by atoms with Gasteiger partial charge in [0.15, 0.2) is 6.61 Å². The molecule has 0 unspecified atom stereocenters. The highest BCUT2D eigenvalue weighted by atomic mass is 35.5. The van der Waals surface area contributed by atoms with Crippen LogP contribution in [-0.2, 0) is 17.9 Å². The Kier molecular flexibility index (Phi) is 3.99. The molecule has 1 aliphatic heterocycles. The van der Waals surface area contributed by atoms with E-state index in [1.165, 1.54) is 0 Å². The molecule has 6 heteroatoms. The van der Waals surface area contributed by atoms with Crippen molar-refractivity contribution in [1.29, 1.82) is 0 Å². The number of carbonyl (C=O) groups excluding carboxylic acids is 1. The van der Waals surface area contributed by atoms with Gasteiger partial charge in [0, 0.05) is 17.8 Å². The molecule has 1 aromatic heterocycles. The maximum absolute atomic E-state index is 12.2. The maximum atomic E-state index is 12.2. The molecular formula is C15H12Cl2N2O2. The van der Waals surface area contributed by atoms with Crippen molar-refractivity contribution in [2.24, 2.45) is 0 Å². The van der Waals surface area contributed by atoms with Gasteiger partial charge in [0.25, 0.3) is 5.91 Å². The van der Waals surface area contributed by atoms with Crippen molar-refractivity contribution in [2.45, 2.75) is 13.1 Å². The highest BCUT2D eigenvalue weighted by Crippen LogP contribution is 2.27. The molecule has 1 amide bonds. The first-order valence-electron chi connectivity index (χ1n) is 6.42. The number of rotatable bonds is 3. The van der Waals surface area contributed by atoms with Gasteiger partial charge in [-0.05, 0) is 29.8 Å². The van der Waals surface area contributed by atoms with Gasteiger partial charge in [0.2, 0.25) is 0 Å². The summed E-state index contributed by atoms with van der Waals surface area (Å²) in [5, 5.41) is 0.918. The number of halogens is 2. The van der Waals surface area contributed by atoms with Crippen molar-refractivity contribution in [3.05, 3.63) is 57.8 Å². The van der Waals surface area contributed by atoms with Crippen LogP contribution in [0.4, 0.5) is 0 Å². The predicted molar refractivity (Wildman–Crippen MR) is 80.4 cm³/mol. The van der Waals surface area contributed by atoms with Gasteiger partial charge in [-0.1, -0.05) is 29.3 Å². The lowest BCUT2D eigenvalue weighted by Gasteiger charge is -2.16. The van der Waals surface area contributed by atoms with E-state index in [4.69, 9.17) is 27.9 Å². The number of aromatic nitrogens is 1. The van der Waals surface area contributed by atoms with Crippen LogP contribution < -0.4 is 4.74 Å². The molecule has 0 fully saturated rings. The second-order valence-corrected chi connectivity index (χ2v) is 5.57. The second-order valence-electron chi connectivity index (χ2n) is 4.72. The predicted octanol–water partition coefficient (Wildman–Crippen LogP) is 3.31. The van der Waals surface area contributed by atoms with Crippen LogP contribution in [-0.4, -0.2) is 22.4 Å². The van der Waals surface area contributed by atoms with Crippen LogP contribution in [0.1, 0.15) is 11.3 Å². The smallest absolute Gasteiger partial charge is 0.261 e. The third-order valence-corrected chi connectivity index (χ3v) is 3.81. The van der Waals surface area contributed by atoms with Crippen LogP contribution >= 0.6 is 23.2 Å². The first-order chi connectivity index (χ1) is 10.1. The molecule has 0 bridgehead atoms. The Bertz CT molecular complexity index is 666. The number of benzene rings is 1. The van der Waals surface area contributed by atoms with E-state index >= 15 is 0 Å². The zero-order valence-electron chi connectivity index (χ0n) is 11.1. The summed E-state index contributed by atoms with van der Waals surface area (Å²) in [5.41, 5.74) is 2.02. The van der Waals surface area contributed by atoms with E-state index in [9.17, 15) is 4.79 Å². The number of pyridine rings is 1. The number of hydrogen-bond donors (Lipinski definition) is 0. The Labute approximate surface area is 132 Å². The molecule has 21 heavy (non-hydrogen) atoms. The van der Waals surface area contributed by atoms with Crippen LogP contribution in [0.15, 0.2) is 36.5 Å². The van der Waals surface area contributed by atoms with Gasteiger partial charge < -0.3 is 9.64 Å². The third-order valence-electron chi connectivity index (χ3n) is 3.28. The van der Waals surface area contributed by atoms with E-state index in [-0.39, 0.29) is 12.5 Å². The normalized spacial score (nSPS) is 13.1. The zero-order valence-corrected chi connectivity index (χ0v) is 12.6. The molecule has 4 nitrogen and oxygen atoms in total. The Hall–Kier alpha value is -1.78. The molecule has 3 rings (SSSR count). The summed E-state index contributed by atoms with van der Waals surface area (Å²) in [6, 6.07) is 8.75. The van der Waals surface area contributed by atoms with E-state index in [2.05, 4.69) is 4.98 Å². The number of carbonyl (C=O) groups is 1. The molecular weight excluding hydrogens is 311 g/mol. The summed E-state index contributed by atoms with van der Waals surface area (Å²) < 4.78 is 5.46. The Morgan fingerprint density at radius 1 is 1.29 bits per heavy atom. The van der Waals surface area contributed by atoms with Crippen LogP contribution in [0, 0.1) is 0 Å². The lowest BCUT2D eigenvalue weighted by atomic mass is 10.2. The highest BCUT2D eigenvalue weighted by molar-refractivity contribution is 6.35. The Morgan fingerprint density at radius 2 is 2.14 bits per heavy atom. The van der Waals surface area contributed by atoms with Crippen molar-refractivity contribution in [1.82, 2.24) is 9.88 Å². The van der Waals surface area contributed by atoms with Crippen molar-refractivity contribution in [3.8, 4) is 5.75 Å². The first kappa shape index (κ1) is 14.2. The lowest BCUT2D eigenvalue weighted by molar-refractivity contribution is -0.134. The fraction of sp³-hybridized carbons (Fsp3) is 0.200. The highest BCUT2D eigenvalue weighted by Gasteiger charge is 2.24. The monoisotopic (exact) mass is 322 g/mol. The SMILES string of the molecule is O=C(COc1ccc(Cl)cc1Cl)N1Cc2cccnc2C1. The molecule has 0 saturated heterocycles. The van der Waals surface area contributed by atoms with Gasteiger partial charge >= 0.3 is 0 Å². The van der Waals surface area contributed by atoms with Gasteiger partial charge in [0.1, 0.15) is 5.75 Å². The molecule has 0 aliphatic carbocycles. The topological polar surface area (TPSA) is 42.4 Å². The molecule has 108 valence electrons. The molecule has 2 heterocycles. The second kappa shape index (κ2) is 5.92. The summed E-state index contributed by atoms with van der Waals surface area (Å²) in [6.07, 6.45) is 1.73. The van der Waals surface area contributed by atoms with Crippen molar-refractivity contribution < 1.29 is 9.53 Å². The van der Waals surface area contributed by atoms with Crippen LogP contribution in [0.2, 0.25) is 10.0 Å². The van der Waals surface area contributed by atoms with Gasteiger partial charge in [-0.2, -0.15) is 0 Å². The van der Waals surface area contributed by atoms with Gasteiger partial charge in [-0.25, -0.2) is 0 Å². The molecule has 1 aromatic carbocycles. The molecule has 0 atom stereocenters. The largest absolute Gasteiger partial charge is 0.482 e. The summed E-state index contributed by atoms with van der Waals surface area (Å²) in [4.78, 5) is 18.1. The minimum Gasteiger partial charge on any atom is -0.482 e. The van der Waals surface area contributed by atoms with E-state index in [1.807, 2.05) is 12.1 Å².